The van der Waals surface area contributed by atoms with Crippen molar-refractivity contribution in [2.75, 3.05) is 24.7 Å². The van der Waals surface area contributed by atoms with Crippen LogP contribution in [-0.4, -0.2) is 29.0 Å². The third-order valence-corrected chi connectivity index (χ3v) is 5.82. The fourth-order valence-corrected chi connectivity index (χ4v) is 4.09. The van der Waals surface area contributed by atoms with Gasteiger partial charge in [0.05, 0.1) is 21.0 Å². The Labute approximate surface area is 163 Å². The zero-order chi connectivity index (χ0) is 18.3. The molecule has 2 N–H and O–H groups in total. The smallest absolute Gasteiger partial charge is 0.165 e. The predicted molar refractivity (Wildman–Crippen MR) is 113 cm³/mol. The van der Waals surface area contributed by atoms with E-state index in [9.17, 15) is 0 Å². The van der Waals surface area contributed by atoms with Crippen LogP contribution in [-0.2, 0) is 0 Å². The molecule has 26 heavy (non-hydrogen) atoms. The van der Waals surface area contributed by atoms with E-state index in [1.807, 2.05) is 26.2 Å². The van der Waals surface area contributed by atoms with E-state index in [2.05, 4.69) is 61.1 Å². The standard InChI is InChI=1S/C19H16BrN5S/c1-25(2)16-7-6-15(26-16)14-9-13(11-4-3-5-12(20)8-11)17-18(21)22-10-23-19(17)24-14/h3-10H,1-2H3,(H2,21,22,23,24). The maximum atomic E-state index is 6.16. The second-order valence-corrected chi connectivity index (χ2v) is 8.03. The highest BCUT2D eigenvalue weighted by Gasteiger charge is 2.15. The summed E-state index contributed by atoms with van der Waals surface area (Å²) >= 11 is 5.24. The molecule has 0 fully saturated rings. The van der Waals surface area contributed by atoms with E-state index < -0.39 is 0 Å². The van der Waals surface area contributed by atoms with Crippen molar-refractivity contribution >= 4 is 49.1 Å². The molecule has 1 aromatic carbocycles. The lowest BCUT2D eigenvalue weighted by Gasteiger charge is -2.11. The quantitative estimate of drug-likeness (QED) is 0.508. The van der Waals surface area contributed by atoms with Crippen molar-refractivity contribution in [2.45, 2.75) is 0 Å². The molecule has 0 aliphatic heterocycles. The van der Waals surface area contributed by atoms with Gasteiger partial charge in [-0.15, -0.1) is 11.3 Å². The number of aromatic nitrogens is 3. The first-order valence-electron chi connectivity index (χ1n) is 7.97. The van der Waals surface area contributed by atoms with Gasteiger partial charge in [-0.1, -0.05) is 28.1 Å². The normalized spacial score (nSPS) is 11.0. The Kier molecular flexibility index (Phi) is 4.34. The topological polar surface area (TPSA) is 67.9 Å². The van der Waals surface area contributed by atoms with Crippen molar-refractivity contribution in [1.82, 2.24) is 15.0 Å². The van der Waals surface area contributed by atoms with Gasteiger partial charge in [-0.2, -0.15) is 0 Å². The van der Waals surface area contributed by atoms with Crippen LogP contribution in [0.1, 0.15) is 0 Å². The number of hydrogen-bond acceptors (Lipinski definition) is 6. The molecule has 0 saturated carbocycles. The van der Waals surface area contributed by atoms with Crippen molar-refractivity contribution < 1.29 is 0 Å². The van der Waals surface area contributed by atoms with Gasteiger partial charge < -0.3 is 10.6 Å². The van der Waals surface area contributed by atoms with E-state index >= 15 is 0 Å². The maximum Gasteiger partial charge on any atom is 0.165 e. The molecule has 0 spiro atoms. The van der Waals surface area contributed by atoms with Gasteiger partial charge in [0.15, 0.2) is 5.65 Å². The maximum absolute atomic E-state index is 6.16. The first kappa shape index (κ1) is 16.9. The summed E-state index contributed by atoms with van der Waals surface area (Å²) in [5, 5.41) is 1.95. The molecule has 7 heteroatoms. The third kappa shape index (κ3) is 3.04. The minimum atomic E-state index is 0.434. The molecule has 0 bridgehead atoms. The van der Waals surface area contributed by atoms with Gasteiger partial charge in [0.1, 0.15) is 12.1 Å². The van der Waals surface area contributed by atoms with Crippen LogP contribution in [0.3, 0.4) is 0 Å². The number of fused-ring (bicyclic) bond motifs is 1. The van der Waals surface area contributed by atoms with Crippen LogP contribution >= 0.6 is 27.3 Å². The number of nitrogens with two attached hydrogens (primary N) is 1. The van der Waals surface area contributed by atoms with Crippen LogP contribution < -0.4 is 10.6 Å². The third-order valence-electron chi connectivity index (χ3n) is 4.05. The van der Waals surface area contributed by atoms with E-state index in [0.29, 0.717) is 11.5 Å². The monoisotopic (exact) mass is 425 g/mol. The zero-order valence-electron chi connectivity index (χ0n) is 14.3. The van der Waals surface area contributed by atoms with Gasteiger partial charge in [0.25, 0.3) is 0 Å². The van der Waals surface area contributed by atoms with E-state index in [1.54, 1.807) is 11.3 Å². The molecule has 4 aromatic rings. The van der Waals surface area contributed by atoms with Gasteiger partial charge in [0, 0.05) is 18.6 Å². The predicted octanol–water partition coefficient (Wildman–Crippen LogP) is 4.83. The summed E-state index contributed by atoms with van der Waals surface area (Å²) < 4.78 is 1.00. The van der Waals surface area contributed by atoms with Crippen LogP contribution in [0.15, 0.2) is 53.3 Å². The lowest BCUT2D eigenvalue weighted by Crippen LogP contribution is -2.05. The summed E-state index contributed by atoms with van der Waals surface area (Å²) in [6.45, 7) is 0. The lowest BCUT2D eigenvalue weighted by atomic mass is 10.0. The number of pyridine rings is 1. The van der Waals surface area contributed by atoms with Crippen LogP contribution in [0.2, 0.25) is 0 Å². The summed E-state index contributed by atoms with van der Waals surface area (Å²) in [6, 6.07) is 14.4. The molecule has 4 rings (SSSR count). The molecule has 0 atom stereocenters. The van der Waals surface area contributed by atoms with Crippen LogP contribution in [0, 0.1) is 0 Å². The second-order valence-electron chi connectivity index (χ2n) is 6.06. The fraction of sp³-hybridized carbons (Fsp3) is 0.105. The number of anilines is 2. The summed E-state index contributed by atoms with van der Waals surface area (Å²) in [4.78, 5) is 16.4. The number of thiophene rings is 1. The summed E-state index contributed by atoms with van der Waals surface area (Å²) in [5.41, 5.74) is 9.65. The van der Waals surface area contributed by atoms with Gasteiger partial charge in [0.2, 0.25) is 0 Å². The molecule has 3 aromatic heterocycles. The van der Waals surface area contributed by atoms with Gasteiger partial charge in [-0.25, -0.2) is 15.0 Å². The highest BCUT2D eigenvalue weighted by molar-refractivity contribution is 9.10. The molecule has 3 heterocycles. The number of nitrogen functional groups attached to an aromatic ring is 1. The van der Waals surface area contributed by atoms with E-state index in [1.165, 1.54) is 11.3 Å². The average molecular weight is 426 g/mol. The van der Waals surface area contributed by atoms with Crippen molar-refractivity contribution in [1.29, 1.82) is 0 Å². The van der Waals surface area contributed by atoms with Gasteiger partial charge in [-0.05, 0) is 41.5 Å². The molecular weight excluding hydrogens is 410 g/mol. The molecule has 0 unspecified atom stereocenters. The van der Waals surface area contributed by atoms with E-state index in [0.717, 1.165) is 31.6 Å². The Morgan fingerprint density at radius 3 is 2.65 bits per heavy atom. The number of rotatable bonds is 3. The summed E-state index contributed by atoms with van der Waals surface area (Å²) in [7, 11) is 4.06. The minimum Gasteiger partial charge on any atom is -0.383 e. The average Bonchev–Trinajstić information content (AvgIpc) is 3.11. The van der Waals surface area contributed by atoms with E-state index in [-0.39, 0.29) is 0 Å². The molecule has 130 valence electrons. The largest absolute Gasteiger partial charge is 0.383 e. The van der Waals surface area contributed by atoms with Crippen molar-refractivity contribution in [3.63, 3.8) is 0 Å². The van der Waals surface area contributed by atoms with Gasteiger partial charge in [-0.3, -0.25) is 0 Å². The Morgan fingerprint density at radius 1 is 1.08 bits per heavy atom. The Morgan fingerprint density at radius 2 is 1.92 bits per heavy atom. The van der Waals surface area contributed by atoms with Crippen molar-refractivity contribution in [3.8, 4) is 21.7 Å². The Hall–Kier alpha value is -2.51. The van der Waals surface area contributed by atoms with Crippen LogP contribution in [0.25, 0.3) is 32.7 Å². The van der Waals surface area contributed by atoms with E-state index in [4.69, 9.17) is 10.7 Å². The number of nitrogens with zero attached hydrogens (tertiary/aromatic N) is 4. The lowest BCUT2D eigenvalue weighted by molar-refractivity contribution is 1.16. The second kappa shape index (κ2) is 6.66. The Balaban J connectivity index is 1.99. The molecular formula is C19H16BrN5S. The first-order valence-corrected chi connectivity index (χ1v) is 9.58. The van der Waals surface area contributed by atoms with Gasteiger partial charge >= 0.3 is 0 Å². The highest BCUT2D eigenvalue weighted by atomic mass is 79.9. The molecule has 0 aliphatic carbocycles. The van der Waals surface area contributed by atoms with Crippen molar-refractivity contribution in [2.24, 2.45) is 0 Å². The molecule has 0 amide bonds. The SMILES string of the molecule is CN(C)c1ccc(-c2cc(-c3cccc(Br)c3)c3c(N)ncnc3n2)s1. The molecule has 0 aliphatic rings. The molecule has 0 radical (unpaired) electrons. The first-order chi connectivity index (χ1) is 12.5. The van der Waals surface area contributed by atoms with Crippen molar-refractivity contribution in [3.05, 3.63) is 53.3 Å². The van der Waals surface area contributed by atoms with Crippen LogP contribution in [0.4, 0.5) is 10.8 Å². The summed E-state index contributed by atoms with van der Waals surface area (Å²) in [6.07, 6.45) is 1.46. The zero-order valence-corrected chi connectivity index (χ0v) is 16.7. The summed E-state index contributed by atoms with van der Waals surface area (Å²) in [5.74, 6) is 0.434. The molecule has 0 saturated heterocycles. The van der Waals surface area contributed by atoms with Crippen LogP contribution in [0.5, 0.6) is 0 Å². The fourth-order valence-electron chi connectivity index (χ4n) is 2.80. The molecule has 5 nitrogen and oxygen atoms in total. The Bertz CT molecular complexity index is 1110. The number of hydrogen-bond donors (Lipinski definition) is 1. The minimum absolute atomic E-state index is 0.434. The number of benzene rings is 1. The number of halogens is 1. The highest BCUT2D eigenvalue weighted by Crippen LogP contribution is 2.37.